The molecule has 4 heterocycles. The van der Waals surface area contributed by atoms with Crippen molar-refractivity contribution in [1.29, 1.82) is 0 Å². The molecule has 2 atom stereocenters. The molecule has 0 saturated carbocycles. The first-order valence-corrected chi connectivity index (χ1v) is 10.1. The summed E-state index contributed by atoms with van der Waals surface area (Å²) in [4.78, 5) is 25.8. The number of likely N-dealkylation sites (N-methyl/N-ethyl adjacent to an activating group) is 1. The first kappa shape index (κ1) is 19.9. The largest absolute Gasteiger partial charge is 0.342 e. The number of nitrogens with one attached hydrogen (secondary N) is 1. The van der Waals surface area contributed by atoms with Crippen LogP contribution in [0, 0.1) is 5.92 Å². The third kappa shape index (κ3) is 3.60. The van der Waals surface area contributed by atoms with E-state index in [1.165, 1.54) is 0 Å². The van der Waals surface area contributed by atoms with Gasteiger partial charge in [0.1, 0.15) is 11.9 Å². The van der Waals surface area contributed by atoms with Crippen LogP contribution in [0.1, 0.15) is 20.3 Å². The van der Waals surface area contributed by atoms with E-state index < -0.39 is 0 Å². The minimum atomic E-state index is -0.152. The maximum absolute atomic E-state index is 12.7. The van der Waals surface area contributed by atoms with Gasteiger partial charge in [-0.3, -0.25) is 14.5 Å². The zero-order valence-corrected chi connectivity index (χ0v) is 17.8. The molecule has 8 nitrogen and oxygen atoms in total. The van der Waals surface area contributed by atoms with Gasteiger partial charge in [-0.25, -0.2) is 4.99 Å². The number of carbonyl (C=O) groups is 1. The van der Waals surface area contributed by atoms with Gasteiger partial charge >= 0.3 is 0 Å². The number of allylic oxidation sites excluding steroid dienone is 1. The van der Waals surface area contributed by atoms with Crippen LogP contribution in [0.3, 0.4) is 0 Å². The van der Waals surface area contributed by atoms with Crippen LogP contribution in [0.25, 0.3) is 11.3 Å². The molecular weight excluding hydrogens is 378 g/mol. The number of carbonyl (C=O) groups excluding carboxylic acids is 1. The number of hydrogen-bond acceptors (Lipinski definition) is 5. The summed E-state index contributed by atoms with van der Waals surface area (Å²) < 4.78 is 1.75. The predicted octanol–water partition coefficient (Wildman–Crippen LogP) is 2.85. The lowest BCUT2D eigenvalue weighted by molar-refractivity contribution is -0.132. The Kier molecular flexibility index (Phi) is 5.15. The van der Waals surface area contributed by atoms with Gasteiger partial charge in [0.25, 0.3) is 0 Å². The SMILES string of the molecule is C=C(/N=C1\C(=C/C)N(C)C(=O)C2CC(C)CN12)Nc1ccc(-c2cnn(C)c2)nc1. The van der Waals surface area contributed by atoms with Gasteiger partial charge in [-0.05, 0) is 31.4 Å². The van der Waals surface area contributed by atoms with Gasteiger partial charge in [-0.1, -0.05) is 19.6 Å². The highest BCUT2D eigenvalue weighted by molar-refractivity contribution is 6.08. The lowest BCUT2D eigenvalue weighted by Crippen LogP contribution is -2.54. The van der Waals surface area contributed by atoms with Crippen molar-refractivity contribution in [3.8, 4) is 11.3 Å². The van der Waals surface area contributed by atoms with Gasteiger partial charge in [-0.2, -0.15) is 5.10 Å². The Morgan fingerprint density at radius 1 is 1.33 bits per heavy atom. The second kappa shape index (κ2) is 7.78. The minimum Gasteiger partial charge on any atom is -0.342 e. The van der Waals surface area contributed by atoms with Crippen LogP contribution in [0.2, 0.25) is 0 Å². The van der Waals surface area contributed by atoms with Crippen molar-refractivity contribution in [2.45, 2.75) is 26.3 Å². The van der Waals surface area contributed by atoms with Crippen molar-refractivity contribution in [2.75, 3.05) is 18.9 Å². The number of rotatable bonds is 4. The molecule has 2 fully saturated rings. The Morgan fingerprint density at radius 3 is 2.77 bits per heavy atom. The fourth-order valence-corrected chi connectivity index (χ4v) is 4.11. The number of hydrogen-bond donors (Lipinski definition) is 1. The van der Waals surface area contributed by atoms with Crippen molar-refractivity contribution < 1.29 is 4.79 Å². The van der Waals surface area contributed by atoms with Crippen molar-refractivity contribution in [3.63, 3.8) is 0 Å². The molecular formula is C22H27N7O. The van der Waals surface area contributed by atoms with Crippen LogP contribution >= 0.6 is 0 Å². The maximum Gasteiger partial charge on any atom is 0.249 e. The summed E-state index contributed by atoms with van der Waals surface area (Å²) in [6, 6.07) is 3.72. The number of aromatic nitrogens is 3. The molecule has 0 aliphatic carbocycles. The molecule has 156 valence electrons. The molecule has 2 unspecified atom stereocenters. The fraction of sp³-hybridized carbons (Fsp3) is 0.364. The van der Waals surface area contributed by atoms with Crippen LogP contribution in [0.5, 0.6) is 0 Å². The molecule has 2 aromatic heterocycles. The molecule has 2 aliphatic heterocycles. The van der Waals surface area contributed by atoms with Crippen molar-refractivity contribution in [3.05, 3.63) is 54.9 Å². The second-order valence-corrected chi connectivity index (χ2v) is 7.92. The van der Waals surface area contributed by atoms with Crippen molar-refractivity contribution in [1.82, 2.24) is 24.6 Å². The van der Waals surface area contributed by atoms with Gasteiger partial charge in [0.05, 0.1) is 29.5 Å². The maximum atomic E-state index is 12.7. The average molecular weight is 406 g/mol. The van der Waals surface area contributed by atoms with E-state index in [0.29, 0.717) is 11.7 Å². The Labute approximate surface area is 176 Å². The number of amidine groups is 1. The van der Waals surface area contributed by atoms with E-state index in [4.69, 9.17) is 4.99 Å². The third-order valence-electron chi connectivity index (χ3n) is 5.56. The molecule has 4 rings (SSSR count). The van der Waals surface area contributed by atoms with E-state index >= 15 is 0 Å². The lowest BCUT2D eigenvalue weighted by Gasteiger charge is -2.38. The van der Waals surface area contributed by atoms with Crippen LogP contribution < -0.4 is 5.32 Å². The Hall–Kier alpha value is -3.42. The van der Waals surface area contributed by atoms with E-state index in [1.54, 1.807) is 22.0 Å². The summed E-state index contributed by atoms with van der Waals surface area (Å²) in [5.41, 5.74) is 3.41. The third-order valence-corrected chi connectivity index (χ3v) is 5.56. The Bertz CT molecular complexity index is 1030. The number of amides is 1. The number of piperazine rings is 1. The molecule has 2 aromatic rings. The summed E-state index contributed by atoms with van der Waals surface area (Å²) in [6.07, 6.45) is 8.23. The molecule has 1 N–H and O–H groups in total. The highest BCUT2D eigenvalue weighted by Gasteiger charge is 2.44. The number of fused-ring (bicyclic) bond motifs is 1. The molecule has 0 radical (unpaired) electrons. The average Bonchev–Trinajstić information content (AvgIpc) is 3.32. The van der Waals surface area contributed by atoms with Crippen LogP contribution in [0.4, 0.5) is 5.69 Å². The van der Waals surface area contributed by atoms with Crippen LogP contribution in [-0.4, -0.2) is 55.9 Å². The first-order valence-electron chi connectivity index (χ1n) is 10.1. The molecule has 8 heteroatoms. The quantitative estimate of drug-likeness (QED) is 0.846. The number of nitrogens with zero attached hydrogens (tertiary/aromatic N) is 6. The van der Waals surface area contributed by atoms with Gasteiger partial charge in [0, 0.05) is 32.4 Å². The van der Waals surface area contributed by atoms with Gasteiger partial charge < -0.3 is 15.1 Å². The van der Waals surface area contributed by atoms with Crippen molar-refractivity contribution in [2.24, 2.45) is 18.0 Å². The predicted molar refractivity (Wildman–Crippen MR) is 117 cm³/mol. The van der Waals surface area contributed by atoms with Crippen LogP contribution in [0.15, 0.2) is 59.9 Å². The molecule has 1 amide bonds. The zero-order chi connectivity index (χ0) is 21.4. The van der Waals surface area contributed by atoms with E-state index in [2.05, 4.69) is 33.8 Å². The molecule has 0 bridgehead atoms. The summed E-state index contributed by atoms with van der Waals surface area (Å²) in [5, 5.41) is 7.39. The summed E-state index contributed by atoms with van der Waals surface area (Å²) in [6.45, 7) is 8.98. The first-order chi connectivity index (χ1) is 14.4. The Balaban J connectivity index is 1.54. The number of anilines is 1. The van der Waals surface area contributed by atoms with Crippen LogP contribution in [-0.2, 0) is 11.8 Å². The van der Waals surface area contributed by atoms with Gasteiger partial charge in [0.15, 0.2) is 5.84 Å². The smallest absolute Gasteiger partial charge is 0.249 e. The molecule has 0 spiro atoms. The Morgan fingerprint density at radius 2 is 2.13 bits per heavy atom. The number of aryl methyl sites for hydroxylation is 1. The van der Waals surface area contributed by atoms with E-state index in [-0.39, 0.29) is 11.9 Å². The molecule has 0 aromatic carbocycles. The van der Waals surface area contributed by atoms with Gasteiger partial charge in [-0.15, -0.1) is 0 Å². The molecule has 2 saturated heterocycles. The van der Waals surface area contributed by atoms with E-state index in [9.17, 15) is 4.79 Å². The topological polar surface area (TPSA) is 78.7 Å². The van der Waals surface area contributed by atoms with E-state index in [1.807, 2.05) is 45.4 Å². The highest BCUT2D eigenvalue weighted by atomic mass is 16.2. The minimum absolute atomic E-state index is 0.125. The zero-order valence-electron chi connectivity index (χ0n) is 17.8. The fourth-order valence-electron chi connectivity index (χ4n) is 4.11. The molecule has 30 heavy (non-hydrogen) atoms. The lowest BCUT2D eigenvalue weighted by atomic mass is 10.1. The summed E-state index contributed by atoms with van der Waals surface area (Å²) in [7, 11) is 3.69. The van der Waals surface area contributed by atoms with Crippen molar-refractivity contribution >= 4 is 17.4 Å². The standard InChI is InChI=1S/C22H27N7O/c1-6-19-21(29-12-14(2)9-20(29)22(30)28(19)5)26-15(3)25-17-7-8-18(23-11-17)16-10-24-27(4)13-16/h6-8,10-11,13-14,20,25H,3,9,12H2,1-2,4-5H3/b19-6+,26-21+. The summed E-state index contributed by atoms with van der Waals surface area (Å²) >= 11 is 0. The van der Waals surface area contributed by atoms with Gasteiger partial charge in [0.2, 0.25) is 5.91 Å². The number of aliphatic imine (C=N–C) groups is 1. The normalized spacial score (nSPS) is 23.9. The monoisotopic (exact) mass is 405 g/mol. The molecule has 2 aliphatic rings. The second-order valence-electron chi connectivity index (χ2n) is 7.92. The number of pyridine rings is 1. The highest BCUT2D eigenvalue weighted by Crippen LogP contribution is 2.32. The van der Waals surface area contributed by atoms with E-state index in [0.717, 1.165) is 41.4 Å². The summed E-state index contributed by atoms with van der Waals surface area (Å²) in [5.74, 6) is 1.85.